The predicted octanol–water partition coefficient (Wildman–Crippen LogP) is 7.90. The number of carbonyl (C=O) groups excluding carboxylic acids is 3. The van der Waals surface area contributed by atoms with Crippen molar-refractivity contribution < 1.29 is 29.0 Å². The number of carbonyl (C=O) groups is 3. The highest BCUT2D eigenvalue weighted by Crippen LogP contribution is 2.60. The second kappa shape index (κ2) is 16.6. The van der Waals surface area contributed by atoms with Crippen molar-refractivity contribution in [3.05, 3.63) is 150 Å². The van der Waals surface area contributed by atoms with Crippen LogP contribution in [-0.4, -0.2) is 62.1 Å². The van der Waals surface area contributed by atoms with Crippen molar-refractivity contribution in [1.82, 2.24) is 0 Å². The van der Waals surface area contributed by atoms with Gasteiger partial charge in [0.25, 0.3) is 5.91 Å². The van der Waals surface area contributed by atoms with Gasteiger partial charge in [0.2, 0.25) is 11.8 Å². The monoisotopic (exact) mass is 845 g/mol. The first kappa shape index (κ1) is 41.2. The molecule has 0 aliphatic carbocycles. The average Bonchev–Trinajstić information content (AvgIpc) is 3.73. The highest BCUT2D eigenvalue weighted by molar-refractivity contribution is 6.91. The molecule has 4 aliphatic heterocycles. The van der Waals surface area contributed by atoms with E-state index in [0.717, 1.165) is 33.9 Å². The number of amides is 3. The van der Waals surface area contributed by atoms with Gasteiger partial charge in [-0.3, -0.25) is 14.4 Å². The number of aliphatic hydroxyl groups is 1. The molecule has 9 rings (SSSR count). The smallest absolute Gasteiger partial charge is 0.264 e. The maximum atomic E-state index is 15.6. The Labute approximate surface area is 363 Å². The molecule has 316 valence electrons. The molecule has 0 aromatic heterocycles. The van der Waals surface area contributed by atoms with Crippen LogP contribution >= 0.6 is 0 Å². The third-order valence-electron chi connectivity index (χ3n) is 13.3. The zero-order valence-electron chi connectivity index (χ0n) is 35.5. The third kappa shape index (κ3) is 7.15. The first-order chi connectivity index (χ1) is 30.0. The molecule has 5 aromatic carbocycles. The lowest BCUT2D eigenvalue weighted by Crippen LogP contribution is -2.51. The van der Waals surface area contributed by atoms with Crippen LogP contribution in [0.4, 0.5) is 17.1 Å². The van der Waals surface area contributed by atoms with Crippen molar-refractivity contribution >= 4 is 59.5 Å². The van der Waals surface area contributed by atoms with Gasteiger partial charge in [0.05, 0.1) is 56.3 Å². The number of hydrazone groups is 2. The van der Waals surface area contributed by atoms with Crippen molar-refractivity contribution in [3.63, 3.8) is 0 Å². The van der Waals surface area contributed by atoms with Crippen molar-refractivity contribution in [2.45, 2.75) is 75.9 Å². The van der Waals surface area contributed by atoms with Gasteiger partial charge in [-0.15, -0.1) is 0 Å². The van der Waals surface area contributed by atoms with Gasteiger partial charge >= 0.3 is 0 Å². The number of hydrogen-bond acceptors (Lipinski definition) is 8. The van der Waals surface area contributed by atoms with Gasteiger partial charge in [-0.05, 0) is 71.1 Å². The van der Waals surface area contributed by atoms with Crippen LogP contribution in [0.25, 0.3) is 0 Å². The van der Waals surface area contributed by atoms with Crippen molar-refractivity contribution in [2.75, 3.05) is 28.6 Å². The Bertz CT molecular complexity index is 2580. The fourth-order valence-electron chi connectivity index (χ4n) is 10.1. The van der Waals surface area contributed by atoms with Crippen LogP contribution in [0.3, 0.4) is 0 Å². The number of anilines is 3. The minimum Gasteiger partial charge on any atom is -0.497 e. The minimum absolute atomic E-state index is 0.0760. The Balaban J connectivity index is 1.13. The Hall–Kier alpha value is -6.21. The SMILES string of the molecule is COc1ccc([Si](C)(C)[C@H]2[C@H](CCO)O[C@@]3(C(=O)N(Cc4cccc(N5N=C(c6ccccc6)CCC5=O)c4)c4ccc(N5N=C(c6ccccc6)CCC5=O)cc43)[C@@H]2C)cc1. The number of nitrogens with zero attached hydrogens (tertiary/aromatic N) is 5. The number of methoxy groups -OCH3 is 1. The summed E-state index contributed by atoms with van der Waals surface area (Å²) in [6.07, 6.45) is 1.64. The molecule has 3 amide bonds. The van der Waals surface area contributed by atoms with Crippen molar-refractivity contribution in [1.29, 1.82) is 0 Å². The first-order valence-electron chi connectivity index (χ1n) is 21.4. The fraction of sp³-hybridized carbons (Fsp3) is 0.300. The van der Waals surface area contributed by atoms with E-state index in [0.29, 0.717) is 54.7 Å². The van der Waals surface area contributed by atoms with Crippen LogP contribution < -0.4 is 24.8 Å². The van der Waals surface area contributed by atoms with Crippen LogP contribution in [0.15, 0.2) is 138 Å². The molecule has 1 spiro atoms. The van der Waals surface area contributed by atoms with Gasteiger partial charge in [0.1, 0.15) is 5.75 Å². The summed E-state index contributed by atoms with van der Waals surface area (Å²) in [5.74, 6) is 0.0101. The second-order valence-electron chi connectivity index (χ2n) is 17.2. The summed E-state index contributed by atoms with van der Waals surface area (Å²) in [5, 5.41) is 24.3. The molecular weight excluding hydrogens is 795 g/mol. The molecule has 62 heavy (non-hydrogen) atoms. The van der Waals surface area contributed by atoms with E-state index < -0.39 is 19.8 Å². The Morgan fingerprint density at radius 1 is 0.742 bits per heavy atom. The predicted molar refractivity (Wildman–Crippen MR) is 245 cm³/mol. The van der Waals surface area contributed by atoms with Crippen LogP contribution in [0.1, 0.15) is 61.3 Å². The number of hydrogen-bond donors (Lipinski definition) is 1. The van der Waals surface area contributed by atoms with Crippen LogP contribution in [0.2, 0.25) is 18.6 Å². The summed E-state index contributed by atoms with van der Waals surface area (Å²) in [4.78, 5) is 44.4. The summed E-state index contributed by atoms with van der Waals surface area (Å²) >= 11 is 0. The van der Waals surface area contributed by atoms with Gasteiger partial charge in [0, 0.05) is 43.8 Å². The summed E-state index contributed by atoms with van der Waals surface area (Å²) < 4.78 is 12.7. The third-order valence-corrected chi connectivity index (χ3v) is 17.6. The van der Waals surface area contributed by atoms with E-state index in [9.17, 15) is 14.7 Å². The van der Waals surface area contributed by atoms with Gasteiger partial charge in [-0.25, -0.2) is 10.0 Å². The second-order valence-corrected chi connectivity index (χ2v) is 21.9. The van der Waals surface area contributed by atoms with Crippen molar-refractivity contribution in [2.24, 2.45) is 16.1 Å². The van der Waals surface area contributed by atoms with Gasteiger partial charge in [-0.1, -0.05) is 110 Å². The molecule has 1 saturated heterocycles. The lowest BCUT2D eigenvalue weighted by Gasteiger charge is -2.37. The van der Waals surface area contributed by atoms with E-state index in [1.165, 1.54) is 15.2 Å². The molecule has 0 radical (unpaired) electrons. The highest BCUT2D eigenvalue weighted by atomic mass is 28.3. The molecular formula is C50H51N5O6Si. The number of aliphatic hydroxyl groups excluding tert-OH is 1. The molecule has 4 heterocycles. The highest BCUT2D eigenvalue weighted by Gasteiger charge is 2.66. The number of benzene rings is 5. The van der Waals surface area contributed by atoms with E-state index in [1.54, 1.807) is 12.0 Å². The maximum Gasteiger partial charge on any atom is 0.264 e. The quantitative estimate of drug-likeness (QED) is 0.135. The summed E-state index contributed by atoms with van der Waals surface area (Å²) in [6, 6.07) is 41.2. The number of rotatable bonds is 11. The minimum atomic E-state index is -2.45. The van der Waals surface area contributed by atoms with E-state index in [4.69, 9.17) is 19.7 Å². The Kier molecular flexibility index (Phi) is 11.0. The summed E-state index contributed by atoms with van der Waals surface area (Å²) in [6.45, 7) is 6.82. The lowest BCUT2D eigenvalue weighted by atomic mass is 9.82. The maximum absolute atomic E-state index is 15.6. The van der Waals surface area contributed by atoms with Crippen LogP contribution in [0.5, 0.6) is 5.75 Å². The molecule has 5 aromatic rings. The molecule has 0 bridgehead atoms. The van der Waals surface area contributed by atoms with Gasteiger partial charge < -0.3 is 19.5 Å². The van der Waals surface area contributed by atoms with Crippen LogP contribution in [-0.2, 0) is 31.3 Å². The molecule has 1 N–H and O–H groups in total. The van der Waals surface area contributed by atoms with E-state index in [-0.39, 0.29) is 42.3 Å². The van der Waals surface area contributed by atoms with E-state index in [2.05, 4.69) is 32.2 Å². The van der Waals surface area contributed by atoms with E-state index >= 15 is 4.79 Å². The zero-order chi connectivity index (χ0) is 43.2. The van der Waals surface area contributed by atoms with Gasteiger partial charge in [0.15, 0.2) is 5.60 Å². The van der Waals surface area contributed by atoms with Crippen LogP contribution in [0, 0.1) is 5.92 Å². The summed E-state index contributed by atoms with van der Waals surface area (Å²) in [7, 11) is -0.800. The molecule has 4 aliphatic rings. The molecule has 4 atom stereocenters. The summed E-state index contributed by atoms with van der Waals surface area (Å²) in [5.41, 5.74) is 5.41. The standard InChI is InChI=1S/C50H51N5O6Si/c1-33-48(62(3,4)40-21-19-39(60-2)20-22-40)45(28-29-56)61-50(33)41-31-38(55-47(58)27-24-43(52-55)36-15-9-6-10-16-36)18-25-44(41)53(49(50)59)32-34-12-11-17-37(30-34)54-46(57)26-23-42(51-54)35-13-7-5-8-14-35/h5-22,25,30-31,33,45,48,56H,23-24,26-29,32H2,1-4H3/t33-,45+,48-,50+/m1/s1. The van der Waals surface area contributed by atoms with Gasteiger partial charge in [-0.2, -0.15) is 10.2 Å². The van der Waals surface area contributed by atoms with Crippen molar-refractivity contribution in [3.8, 4) is 5.75 Å². The Morgan fingerprint density at radius 2 is 1.34 bits per heavy atom. The normalized spacial score (nSPS) is 22.6. The number of fused-ring (bicyclic) bond motifs is 2. The molecule has 11 nitrogen and oxygen atoms in total. The van der Waals surface area contributed by atoms with E-state index in [1.807, 2.05) is 115 Å². The number of ether oxygens (including phenoxy) is 2. The molecule has 0 saturated carbocycles. The largest absolute Gasteiger partial charge is 0.497 e. The molecule has 12 heteroatoms. The molecule has 1 fully saturated rings. The average molecular weight is 846 g/mol. The lowest BCUT2D eigenvalue weighted by molar-refractivity contribution is -0.146. The topological polar surface area (TPSA) is 124 Å². The Morgan fingerprint density at radius 3 is 1.92 bits per heavy atom. The zero-order valence-corrected chi connectivity index (χ0v) is 36.5. The fourth-order valence-corrected chi connectivity index (χ4v) is 14.2. The molecule has 0 unspecified atom stereocenters. The first-order valence-corrected chi connectivity index (χ1v) is 24.5.